The summed E-state index contributed by atoms with van der Waals surface area (Å²) in [5.41, 5.74) is 0.829. The molecule has 3 aromatic rings. The van der Waals surface area contributed by atoms with Crippen molar-refractivity contribution in [2.75, 3.05) is 17.1 Å². The molecule has 3 aromatic carbocycles. The van der Waals surface area contributed by atoms with E-state index in [-0.39, 0.29) is 10.8 Å². The maximum absolute atomic E-state index is 12.5. The summed E-state index contributed by atoms with van der Waals surface area (Å²) in [4.78, 5) is 12.5. The molecule has 0 saturated heterocycles. The van der Waals surface area contributed by atoms with Gasteiger partial charge in [-0.3, -0.25) is 9.52 Å². The molecule has 1 amide bonds. The zero-order chi connectivity index (χ0) is 22.4. The molecule has 0 saturated carbocycles. The predicted octanol–water partition coefficient (Wildman–Crippen LogP) is 4.56. The molecular formula is C22H21ClN2O5S. The van der Waals surface area contributed by atoms with Gasteiger partial charge in [-0.2, -0.15) is 0 Å². The molecule has 0 aromatic heterocycles. The van der Waals surface area contributed by atoms with E-state index in [0.717, 1.165) is 0 Å². The maximum Gasteiger partial charge on any atom is 0.265 e. The Balaban J connectivity index is 1.64. The average Bonchev–Trinajstić information content (AvgIpc) is 2.76. The number of para-hydroxylation sites is 2. The second-order valence-corrected chi connectivity index (χ2v) is 8.66. The Morgan fingerprint density at radius 1 is 0.903 bits per heavy atom. The van der Waals surface area contributed by atoms with E-state index in [1.807, 2.05) is 0 Å². The quantitative estimate of drug-likeness (QED) is 0.514. The summed E-state index contributed by atoms with van der Waals surface area (Å²) < 4.78 is 38.4. The van der Waals surface area contributed by atoms with Crippen LogP contribution >= 0.6 is 11.6 Å². The molecule has 3 rings (SSSR count). The zero-order valence-corrected chi connectivity index (χ0v) is 18.4. The molecule has 0 aliphatic heterocycles. The molecule has 1 atom stereocenters. The minimum Gasteiger partial charge on any atom is -0.493 e. The van der Waals surface area contributed by atoms with Crippen LogP contribution in [0.3, 0.4) is 0 Å². The van der Waals surface area contributed by atoms with Gasteiger partial charge in [-0.05, 0) is 67.6 Å². The van der Waals surface area contributed by atoms with Gasteiger partial charge < -0.3 is 14.8 Å². The maximum atomic E-state index is 12.5. The van der Waals surface area contributed by atoms with Crippen molar-refractivity contribution in [3.8, 4) is 11.5 Å². The summed E-state index contributed by atoms with van der Waals surface area (Å²) in [6.45, 7) is 1.61. The standard InChI is InChI=1S/C22H21ClN2O5S/c1-15(30-21-6-4-3-5-20(21)29-2)22(26)24-17-11-13-19(14-12-17)31(27,28)25-18-9-7-16(23)8-10-18/h3-15,25H,1-2H3,(H,24,26)/t15-/m0/s1. The van der Waals surface area contributed by atoms with Gasteiger partial charge in [-0.1, -0.05) is 23.7 Å². The third-order valence-corrected chi connectivity index (χ3v) is 5.92. The van der Waals surface area contributed by atoms with Gasteiger partial charge in [0.15, 0.2) is 17.6 Å². The number of nitrogens with one attached hydrogen (secondary N) is 2. The molecule has 0 aliphatic carbocycles. The van der Waals surface area contributed by atoms with E-state index >= 15 is 0 Å². The molecule has 0 bridgehead atoms. The van der Waals surface area contributed by atoms with Crippen LogP contribution in [-0.4, -0.2) is 27.5 Å². The van der Waals surface area contributed by atoms with Crippen molar-refractivity contribution in [2.45, 2.75) is 17.9 Å². The highest BCUT2D eigenvalue weighted by molar-refractivity contribution is 7.92. The number of ether oxygens (including phenoxy) is 2. The lowest BCUT2D eigenvalue weighted by molar-refractivity contribution is -0.122. The van der Waals surface area contributed by atoms with Crippen molar-refractivity contribution < 1.29 is 22.7 Å². The SMILES string of the molecule is COc1ccccc1O[C@@H](C)C(=O)Nc1ccc(S(=O)(=O)Nc2ccc(Cl)cc2)cc1. The number of halogens is 1. The third-order valence-electron chi connectivity index (χ3n) is 4.27. The average molecular weight is 461 g/mol. The Morgan fingerprint density at radius 3 is 2.10 bits per heavy atom. The number of methoxy groups -OCH3 is 1. The van der Waals surface area contributed by atoms with Crippen LogP contribution in [0.5, 0.6) is 11.5 Å². The number of carbonyl (C=O) groups is 1. The first-order valence-corrected chi connectivity index (χ1v) is 11.1. The number of hydrogen-bond acceptors (Lipinski definition) is 5. The fraction of sp³-hybridized carbons (Fsp3) is 0.136. The fourth-order valence-electron chi connectivity index (χ4n) is 2.65. The Bertz CT molecular complexity index is 1150. The number of rotatable bonds is 8. The number of anilines is 2. The first-order valence-electron chi connectivity index (χ1n) is 9.27. The summed E-state index contributed by atoms with van der Waals surface area (Å²) in [5.74, 6) is 0.577. The molecule has 0 fully saturated rings. The Hall–Kier alpha value is -3.23. The van der Waals surface area contributed by atoms with Crippen LogP contribution < -0.4 is 19.5 Å². The van der Waals surface area contributed by atoms with Crippen molar-refractivity contribution in [1.29, 1.82) is 0 Å². The van der Waals surface area contributed by atoms with Gasteiger partial charge in [0.25, 0.3) is 15.9 Å². The van der Waals surface area contributed by atoms with Crippen molar-refractivity contribution >= 4 is 38.9 Å². The van der Waals surface area contributed by atoms with Gasteiger partial charge in [0.1, 0.15) is 0 Å². The summed E-state index contributed by atoms with van der Waals surface area (Å²) in [6, 6.07) is 19.1. The highest BCUT2D eigenvalue weighted by Gasteiger charge is 2.18. The number of hydrogen-bond donors (Lipinski definition) is 2. The summed E-state index contributed by atoms with van der Waals surface area (Å²) in [6.07, 6.45) is -0.800. The Morgan fingerprint density at radius 2 is 1.48 bits per heavy atom. The van der Waals surface area contributed by atoms with E-state index in [0.29, 0.717) is 27.9 Å². The van der Waals surface area contributed by atoms with Crippen LogP contribution in [0.25, 0.3) is 0 Å². The molecule has 0 spiro atoms. The van der Waals surface area contributed by atoms with E-state index in [1.165, 1.54) is 31.4 Å². The van der Waals surface area contributed by atoms with Gasteiger partial charge in [0, 0.05) is 16.4 Å². The van der Waals surface area contributed by atoms with E-state index in [2.05, 4.69) is 10.0 Å². The van der Waals surface area contributed by atoms with E-state index in [1.54, 1.807) is 55.5 Å². The molecule has 162 valence electrons. The molecule has 9 heteroatoms. The fourth-order valence-corrected chi connectivity index (χ4v) is 3.84. The van der Waals surface area contributed by atoms with Crippen LogP contribution in [0.15, 0.2) is 77.7 Å². The largest absolute Gasteiger partial charge is 0.493 e. The van der Waals surface area contributed by atoms with Crippen molar-refractivity contribution in [3.63, 3.8) is 0 Å². The topological polar surface area (TPSA) is 93.7 Å². The van der Waals surface area contributed by atoms with Gasteiger partial charge in [-0.15, -0.1) is 0 Å². The van der Waals surface area contributed by atoms with Crippen LogP contribution in [-0.2, 0) is 14.8 Å². The molecule has 7 nitrogen and oxygen atoms in total. The van der Waals surface area contributed by atoms with Crippen LogP contribution in [0.1, 0.15) is 6.92 Å². The lowest BCUT2D eigenvalue weighted by atomic mass is 10.3. The van der Waals surface area contributed by atoms with Crippen LogP contribution in [0.4, 0.5) is 11.4 Å². The molecular weight excluding hydrogens is 440 g/mol. The highest BCUT2D eigenvalue weighted by atomic mass is 35.5. The lowest BCUT2D eigenvalue weighted by Crippen LogP contribution is -2.30. The minimum absolute atomic E-state index is 0.0544. The normalized spacial score (nSPS) is 12.0. The van der Waals surface area contributed by atoms with Crippen molar-refractivity contribution in [1.82, 2.24) is 0 Å². The van der Waals surface area contributed by atoms with E-state index in [9.17, 15) is 13.2 Å². The molecule has 2 N–H and O–H groups in total. The van der Waals surface area contributed by atoms with Crippen molar-refractivity contribution in [3.05, 3.63) is 77.8 Å². The molecule has 0 heterocycles. The van der Waals surface area contributed by atoms with E-state index < -0.39 is 16.1 Å². The Labute approximate surface area is 186 Å². The molecule has 0 radical (unpaired) electrons. The summed E-state index contributed by atoms with van der Waals surface area (Å²) in [7, 11) is -2.26. The molecule has 0 aliphatic rings. The third kappa shape index (κ3) is 5.90. The van der Waals surface area contributed by atoms with Crippen LogP contribution in [0.2, 0.25) is 5.02 Å². The zero-order valence-electron chi connectivity index (χ0n) is 16.8. The smallest absolute Gasteiger partial charge is 0.265 e. The van der Waals surface area contributed by atoms with Gasteiger partial charge in [0.05, 0.1) is 12.0 Å². The van der Waals surface area contributed by atoms with E-state index in [4.69, 9.17) is 21.1 Å². The minimum atomic E-state index is -3.78. The van der Waals surface area contributed by atoms with Crippen molar-refractivity contribution in [2.24, 2.45) is 0 Å². The lowest BCUT2D eigenvalue weighted by Gasteiger charge is -2.16. The monoisotopic (exact) mass is 460 g/mol. The number of amides is 1. The van der Waals surface area contributed by atoms with Gasteiger partial charge >= 0.3 is 0 Å². The summed E-state index contributed by atoms with van der Waals surface area (Å²) >= 11 is 5.81. The molecule has 0 unspecified atom stereocenters. The highest BCUT2D eigenvalue weighted by Crippen LogP contribution is 2.27. The predicted molar refractivity (Wildman–Crippen MR) is 120 cm³/mol. The first kappa shape index (κ1) is 22.5. The van der Waals surface area contributed by atoms with Crippen LogP contribution in [0, 0.1) is 0 Å². The first-order chi connectivity index (χ1) is 14.8. The number of sulfonamides is 1. The second-order valence-electron chi connectivity index (χ2n) is 6.54. The number of benzene rings is 3. The van der Waals surface area contributed by atoms with Gasteiger partial charge in [-0.25, -0.2) is 8.42 Å². The summed E-state index contributed by atoms with van der Waals surface area (Å²) in [5, 5.41) is 3.21. The van der Waals surface area contributed by atoms with Gasteiger partial charge in [0.2, 0.25) is 0 Å². The molecule has 31 heavy (non-hydrogen) atoms. The Kier molecular flexibility index (Phi) is 7.04. The number of carbonyl (C=O) groups excluding carboxylic acids is 1. The second kappa shape index (κ2) is 9.72.